The first-order valence-corrected chi connectivity index (χ1v) is 7.34. The molecular formula is C12H15Cl2N3OS. The van der Waals surface area contributed by atoms with Crippen LogP contribution in [0.3, 0.4) is 0 Å². The van der Waals surface area contributed by atoms with Crippen molar-refractivity contribution in [1.82, 2.24) is 9.78 Å². The topological polar surface area (TPSA) is 53.1 Å². The third kappa shape index (κ3) is 2.74. The lowest BCUT2D eigenvalue weighted by molar-refractivity contribution is 0.401. The van der Waals surface area contributed by atoms with Crippen LogP contribution in [-0.2, 0) is 0 Å². The molecule has 0 aromatic carbocycles. The van der Waals surface area contributed by atoms with Crippen molar-refractivity contribution < 1.29 is 4.74 Å². The number of nitrogens with zero attached hydrogens (tertiary/aromatic N) is 2. The Hall–Kier alpha value is -0.750. The fourth-order valence-corrected chi connectivity index (χ4v) is 3.48. The number of aromatic nitrogens is 2. The molecule has 1 unspecified atom stereocenters. The minimum atomic E-state index is -0.420. The van der Waals surface area contributed by atoms with Crippen molar-refractivity contribution in [2.24, 2.45) is 5.73 Å². The van der Waals surface area contributed by atoms with Crippen molar-refractivity contribution in [2.45, 2.75) is 25.9 Å². The van der Waals surface area contributed by atoms with E-state index < -0.39 is 6.04 Å². The molecule has 0 aliphatic rings. The fourth-order valence-electron chi connectivity index (χ4n) is 1.93. The maximum absolute atomic E-state index is 6.31. The molecule has 104 valence electrons. The van der Waals surface area contributed by atoms with Crippen LogP contribution in [0.5, 0.6) is 5.75 Å². The normalized spacial score (nSPS) is 13.0. The van der Waals surface area contributed by atoms with E-state index in [1.54, 1.807) is 19.4 Å². The molecule has 0 aliphatic carbocycles. The van der Waals surface area contributed by atoms with Crippen LogP contribution in [0, 0.1) is 0 Å². The third-order valence-electron chi connectivity index (χ3n) is 2.82. The van der Waals surface area contributed by atoms with E-state index >= 15 is 0 Å². The minimum Gasteiger partial charge on any atom is -0.493 e. The summed E-state index contributed by atoms with van der Waals surface area (Å²) in [6, 6.07) is 1.55. The summed E-state index contributed by atoms with van der Waals surface area (Å²) < 4.78 is 8.38. The molecule has 0 fully saturated rings. The van der Waals surface area contributed by atoms with Gasteiger partial charge in [0.2, 0.25) is 0 Å². The van der Waals surface area contributed by atoms with Crippen LogP contribution in [0.4, 0.5) is 0 Å². The van der Waals surface area contributed by atoms with E-state index in [0.717, 1.165) is 11.3 Å². The molecule has 0 saturated carbocycles. The average molecular weight is 320 g/mol. The predicted molar refractivity (Wildman–Crippen MR) is 79.5 cm³/mol. The number of halogens is 2. The van der Waals surface area contributed by atoms with Gasteiger partial charge < -0.3 is 10.5 Å². The summed E-state index contributed by atoms with van der Waals surface area (Å²) in [5, 5.41) is 4.31. The van der Waals surface area contributed by atoms with Gasteiger partial charge in [-0.15, -0.1) is 11.3 Å². The van der Waals surface area contributed by atoms with Crippen molar-refractivity contribution in [3.8, 4) is 5.75 Å². The van der Waals surface area contributed by atoms with Crippen LogP contribution in [0.25, 0.3) is 0 Å². The lowest BCUT2D eigenvalue weighted by Crippen LogP contribution is -2.19. The maximum atomic E-state index is 6.31. The SMILES string of the molecule is COc1cnn(C(C)C)c1C(N)c1cc(Cl)sc1Cl. The van der Waals surface area contributed by atoms with Gasteiger partial charge in [-0.2, -0.15) is 5.10 Å². The van der Waals surface area contributed by atoms with E-state index in [1.807, 2.05) is 18.5 Å². The highest BCUT2D eigenvalue weighted by Crippen LogP contribution is 2.39. The standard InChI is InChI=1S/C12H15Cl2N3OS/c1-6(2)17-11(8(18-3)5-16-17)10(15)7-4-9(13)19-12(7)14/h4-6,10H,15H2,1-3H3. The molecule has 0 saturated heterocycles. The Kier molecular flexibility index (Phi) is 4.40. The van der Waals surface area contributed by atoms with Gasteiger partial charge >= 0.3 is 0 Å². The summed E-state index contributed by atoms with van der Waals surface area (Å²) in [4.78, 5) is 0. The summed E-state index contributed by atoms with van der Waals surface area (Å²) in [5.74, 6) is 0.652. The van der Waals surface area contributed by atoms with E-state index in [1.165, 1.54) is 11.3 Å². The van der Waals surface area contributed by atoms with Crippen LogP contribution in [0.2, 0.25) is 8.67 Å². The zero-order chi connectivity index (χ0) is 14.2. The highest BCUT2D eigenvalue weighted by molar-refractivity contribution is 7.20. The third-order valence-corrected chi connectivity index (χ3v) is 4.34. The van der Waals surface area contributed by atoms with E-state index in [-0.39, 0.29) is 6.04 Å². The van der Waals surface area contributed by atoms with Crippen LogP contribution < -0.4 is 10.5 Å². The second-order valence-electron chi connectivity index (χ2n) is 4.39. The molecular weight excluding hydrogens is 305 g/mol. The molecule has 2 rings (SSSR count). The maximum Gasteiger partial charge on any atom is 0.161 e. The van der Waals surface area contributed by atoms with Crippen LogP contribution in [0.15, 0.2) is 12.3 Å². The first kappa shape index (κ1) is 14.7. The number of rotatable bonds is 4. The van der Waals surface area contributed by atoms with Crippen LogP contribution in [-0.4, -0.2) is 16.9 Å². The van der Waals surface area contributed by atoms with Crippen molar-refractivity contribution in [2.75, 3.05) is 7.11 Å². The molecule has 0 aliphatic heterocycles. The molecule has 2 N–H and O–H groups in total. The summed E-state index contributed by atoms with van der Waals surface area (Å²) in [6.07, 6.45) is 1.66. The molecule has 0 amide bonds. The first-order chi connectivity index (χ1) is 8.95. The van der Waals surface area contributed by atoms with Crippen molar-refractivity contribution in [1.29, 1.82) is 0 Å². The Balaban J connectivity index is 2.51. The Morgan fingerprint density at radius 2 is 2.11 bits per heavy atom. The molecule has 2 aromatic heterocycles. The van der Waals surface area contributed by atoms with E-state index in [9.17, 15) is 0 Å². The molecule has 4 nitrogen and oxygen atoms in total. The van der Waals surface area contributed by atoms with Gasteiger partial charge in [-0.1, -0.05) is 23.2 Å². The molecule has 1 atom stereocenters. The Morgan fingerprint density at radius 1 is 1.42 bits per heavy atom. The summed E-state index contributed by atoms with van der Waals surface area (Å²) in [5.41, 5.74) is 7.90. The highest BCUT2D eigenvalue weighted by atomic mass is 35.5. The number of hydrogen-bond donors (Lipinski definition) is 1. The smallest absolute Gasteiger partial charge is 0.161 e. The van der Waals surface area contributed by atoms with Gasteiger partial charge in [0, 0.05) is 11.6 Å². The zero-order valence-corrected chi connectivity index (χ0v) is 13.2. The van der Waals surface area contributed by atoms with Crippen molar-refractivity contribution >= 4 is 34.5 Å². The number of hydrogen-bond acceptors (Lipinski definition) is 4. The summed E-state index contributed by atoms with van der Waals surface area (Å²) in [6.45, 7) is 4.07. The van der Waals surface area contributed by atoms with Gasteiger partial charge in [0.05, 0.1) is 28.0 Å². The molecule has 0 spiro atoms. The quantitative estimate of drug-likeness (QED) is 0.930. The van der Waals surface area contributed by atoms with Gasteiger partial charge in [-0.25, -0.2) is 0 Å². The number of ether oxygens (including phenoxy) is 1. The minimum absolute atomic E-state index is 0.179. The highest BCUT2D eigenvalue weighted by Gasteiger charge is 2.24. The van der Waals surface area contributed by atoms with Gasteiger partial charge in [0.25, 0.3) is 0 Å². The molecule has 19 heavy (non-hydrogen) atoms. The van der Waals surface area contributed by atoms with Crippen LogP contribution in [0.1, 0.15) is 37.2 Å². The van der Waals surface area contributed by atoms with E-state index in [4.69, 9.17) is 33.7 Å². The van der Waals surface area contributed by atoms with Gasteiger partial charge in [0.15, 0.2) is 5.75 Å². The second kappa shape index (κ2) is 5.71. The fraction of sp³-hybridized carbons (Fsp3) is 0.417. The lowest BCUT2D eigenvalue weighted by Gasteiger charge is -2.17. The Labute approximate surface area is 126 Å². The van der Waals surface area contributed by atoms with Crippen molar-refractivity contribution in [3.05, 3.63) is 32.2 Å². The number of methoxy groups -OCH3 is 1. The molecule has 7 heteroatoms. The Bertz CT molecular complexity index is 580. The number of nitrogens with two attached hydrogens (primary N) is 1. The first-order valence-electron chi connectivity index (χ1n) is 5.77. The largest absolute Gasteiger partial charge is 0.493 e. The molecule has 2 aromatic rings. The number of thiophene rings is 1. The zero-order valence-electron chi connectivity index (χ0n) is 10.9. The molecule has 2 heterocycles. The van der Waals surface area contributed by atoms with Gasteiger partial charge in [-0.05, 0) is 19.9 Å². The summed E-state index contributed by atoms with van der Waals surface area (Å²) in [7, 11) is 1.60. The molecule has 0 bridgehead atoms. The lowest BCUT2D eigenvalue weighted by atomic mass is 10.1. The van der Waals surface area contributed by atoms with Crippen LogP contribution >= 0.6 is 34.5 Å². The molecule has 0 radical (unpaired) electrons. The van der Waals surface area contributed by atoms with E-state index in [0.29, 0.717) is 14.4 Å². The van der Waals surface area contributed by atoms with Gasteiger partial charge in [0.1, 0.15) is 5.69 Å². The second-order valence-corrected chi connectivity index (χ2v) is 6.68. The monoisotopic (exact) mass is 319 g/mol. The van der Waals surface area contributed by atoms with Gasteiger partial charge in [-0.3, -0.25) is 4.68 Å². The summed E-state index contributed by atoms with van der Waals surface area (Å²) >= 11 is 13.4. The van der Waals surface area contributed by atoms with Crippen molar-refractivity contribution in [3.63, 3.8) is 0 Å². The van der Waals surface area contributed by atoms with E-state index in [2.05, 4.69) is 5.10 Å². The predicted octanol–water partition coefficient (Wildman–Crippen LogP) is 3.89. The Morgan fingerprint density at radius 3 is 2.58 bits per heavy atom. The average Bonchev–Trinajstić information content (AvgIpc) is 2.91.